The molecule has 1 aliphatic carbocycles. The van der Waals surface area contributed by atoms with Gasteiger partial charge in [0.15, 0.2) is 0 Å². The Morgan fingerprint density at radius 3 is 2.64 bits per heavy atom. The van der Waals surface area contributed by atoms with E-state index in [1.807, 2.05) is 0 Å². The third-order valence-corrected chi connectivity index (χ3v) is 4.29. The molecule has 0 unspecified atom stereocenters. The van der Waals surface area contributed by atoms with E-state index in [4.69, 9.17) is 0 Å². The van der Waals surface area contributed by atoms with Gasteiger partial charge in [0.05, 0.1) is 6.61 Å². The number of carbonyl (C=O) groups excluding carboxylic acids is 2. The zero-order valence-corrected chi connectivity index (χ0v) is 14.2. The second-order valence-corrected chi connectivity index (χ2v) is 6.35. The summed E-state index contributed by atoms with van der Waals surface area (Å²) in [6, 6.07) is -1.01. The van der Waals surface area contributed by atoms with Gasteiger partial charge in [-0.05, 0) is 19.8 Å². The van der Waals surface area contributed by atoms with E-state index in [2.05, 4.69) is 15.6 Å². The number of aromatic nitrogens is 2. The highest BCUT2D eigenvalue weighted by Crippen LogP contribution is 2.17. The summed E-state index contributed by atoms with van der Waals surface area (Å²) < 4.78 is 1.04. The molecule has 0 radical (unpaired) electrons. The maximum atomic E-state index is 12.2. The van der Waals surface area contributed by atoms with Crippen molar-refractivity contribution in [1.29, 1.82) is 0 Å². The van der Waals surface area contributed by atoms with Crippen molar-refractivity contribution in [2.24, 2.45) is 0 Å². The Labute approximate surface area is 144 Å². The number of carbonyl (C=O) groups is 2. The Kier molecular flexibility index (Phi) is 6.51. The molecule has 25 heavy (non-hydrogen) atoms. The van der Waals surface area contributed by atoms with Gasteiger partial charge in [-0.1, -0.05) is 19.3 Å². The summed E-state index contributed by atoms with van der Waals surface area (Å²) in [5, 5.41) is 14.6. The van der Waals surface area contributed by atoms with Crippen molar-refractivity contribution in [3.05, 3.63) is 32.6 Å². The second kappa shape index (κ2) is 8.61. The monoisotopic (exact) mass is 352 g/mol. The minimum absolute atomic E-state index is 0.0664. The molecule has 0 aliphatic heterocycles. The Balaban J connectivity index is 1.95. The fraction of sp³-hybridized carbons (Fsp3) is 0.625. The van der Waals surface area contributed by atoms with Crippen LogP contribution in [-0.2, 0) is 16.1 Å². The van der Waals surface area contributed by atoms with Gasteiger partial charge in [0.25, 0.3) is 5.56 Å². The molecule has 1 aromatic rings. The molecule has 138 valence electrons. The normalized spacial score (nSPS) is 16.2. The lowest BCUT2D eigenvalue weighted by molar-refractivity contribution is -0.130. The van der Waals surface area contributed by atoms with Gasteiger partial charge in [-0.2, -0.15) is 0 Å². The van der Waals surface area contributed by atoms with E-state index in [0.29, 0.717) is 5.56 Å². The van der Waals surface area contributed by atoms with Crippen molar-refractivity contribution in [3.63, 3.8) is 0 Å². The van der Waals surface area contributed by atoms with E-state index in [-0.39, 0.29) is 12.6 Å². The predicted octanol–water partition coefficient (Wildman–Crippen LogP) is -1.23. The Bertz CT molecular complexity index is 733. The average molecular weight is 352 g/mol. The first-order chi connectivity index (χ1) is 11.9. The van der Waals surface area contributed by atoms with Crippen LogP contribution in [0.15, 0.2) is 15.8 Å². The number of aryl methyl sites for hydroxylation is 1. The van der Waals surface area contributed by atoms with E-state index < -0.39 is 35.7 Å². The quantitative estimate of drug-likeness (QED) is 0.509. The number of aliphatic hydroxyl groups is 1. The summed E-state index contributed by atoms with van der Waals surface area (Å²) >= 11 is 0. The average Bonchev–Trinajstić information content (AvgIpc) is 2.58. The van der Waals surface area contributed by atoms with Gasteiger partial charge < -0.3 is 15.7 Å². The maximum absolute atomic E-state index is 12.2. The number of nitrogens with one attached hydrogen (secondary N) is 3. The number of hydrogen-bond donors (Lipinski definition) is 4. The first kappa shape index (κ1) is 18.9. The van der Waals surface area contributed by atoms with Gasteiger partial charge in [0.1, 0.15) is 12.6 Å². The van der Waals surface area contributed by atoms with Crippen LogP contribution in [0.1, 0.15) is 37.7 Å². The number of aromatic amines is 1. The van der Waals surface area contributed by atoms with Crippen molar-refractivity contribution in [3.8, 4) is 0 Å². The highest BCUT2D eigenvalue weighted by Gasteiger charge is 2.23. The van der Waals surface area contributed by atoms with E-state index in [1.54, 1.807) is 0 Å². The van der Waals surface area contributed by atoms with Crippen molar-refractivity contribution in [2.75, 3.05) is 6.61 Å². The smallest absolute Gasteiger partial charge is 0.328 e. The predicted molar refractivity (Wildman–Crippen MR) is 90.1 cm³/mol. The molecule has 9 heteroatoms. The number of aliphatic hydroxyl groups excluding tert-OH is 1. The van der Waals surface area contributed by atoms with Crippen molar-refractivity contribution < 1.29 is 14.7 Å². The minimum Gasteiger partial charge on any atom is -0.394 e. The molecule has 2 amide bonds. The zero-order chi connectivity index (χ0) is 18.4. The van der Waals surface area contributed by atoms with Gasteiger partial charge in [0.2, 0.25) is 11.8 Å². The van der Waals surface area contributed by atoms with Crippen molar-refractivity contribution in [1.82, 2.24) is 20.2 Å². The summed E-state index contributed by atoms with van der Waals surface area (Å²) in [6.07, 6.45) is 6.32. The fourth-order valence-electron chi connectivity index (χ4n) is 2.87. The first-order valence-electron chi connectivity index (χ1n) is 8.41. The van der Waals surface area contributed by atoms with Gasteiger partial charge in [-0.15, -0.1) is 0 Å². The van der Waals surface area contributed by atoms with Crippen LogP contribution in [0.3, 0.4) is 0 Å². The van der Waals surface area contributed by atoms with Crippen LogP contribution in [-0.4, -0.2) is 45.2 Å². The topological polar surface area (TPSA) is 133 Å². The van der Waals surface area contributed by atoms with Crippen LogP contribution in [0.25, 0.3) is 0 Å². The number of nitrogens with zero attached hydrogens (tertiary/aromatic N) is 1. The molecule has 9 nitrogen and oxygen atoms in total. The van der Waals surface area contributed by atoms with Crippen LogP contribution in [0.2, 0.25) is 0 Å². The number of hydrogen-bond acceptors (Lipinski definition) is 5. The van der Waals surface area contributed by atoms with Gasteiger partial charge in [-0.25, -0.2) is 4.79 Å². The van der Waals surface area contributed by atoms with Crippen LogP contribution >= 0.6 is 0 Å². The van der Waals surface area contributed by atoms with Gasteiger partial charge >= 0.3 is 5.69 Å². The molecule has 1 saturated carbocycles. The largest absolute Gasteiger partial charge is 0.394 e. The van der Waals surface area contributed by atoms with Crippen molar-refractivity contribution >= 4 is 11.8 Å². The molecule has 1 aliphatic rings. The lowest BCUT2D eigenvalue weighted by Gasteiger charge is -2.25. The van der Waals surface area contributed by atoms with Crippen LogP contribution in [0, 0.1) is 6.92 Å². The Morgan fingerprint density at radius 1 is 1.32 bits per heavy atom. The molecule has 1 heterocycles. The molecule has 0 spiro atoms. The SMILES string of the molecule is Cc1cn(CC(=O)N[C@@H](CO)C(=O)NC2CCCCC2)c(=O)[nH]c1=O. The summed E-state index contributed by atoms with van der Waals surface area (Å²) in [4.78, 5) is 49.4. The van der Waals surface area contributed by atoms with Gasteiger partial charge in [0, 0.05) is 17.8 Å². The van der Waals surface area contributed by atoms with Crippen molar-refractivity contribution in [2.45, 2.75) is 57.7 Å². The number of H-pyrrole nitrogens is 1. The molecular weight excluding hydrogens is 328 g/mol. The molecule has 1 aromatic heterocycles. The summed E-state index contributed by atoms with van der Waals surface area (Å²) in [5.74, 6) is -1.04. The highest BCUT2D eigenvalue weighted by atomic mass is 16.3. The molecule has 0 bridgehead atoms. The van der Waals surface area contributed by atoms with E-state index >= 15 is 0 Å². The second-order valence-electron chi connectivity index (χ2n) is 6.35. The molecule has 1 atom stereocenters. The Hall–Kier alpha value is -2.42. The summed E-state index contributed by atoms with van der Waals surface area (Å²) in [7, 11) is 0. The van der Waals surface area contributed by atoms with E-state index in [0.717, 1.165) is 36.7 Å². The van der Waals surface area contributed by atoms with Crippen LogP contribution in [0.4, 0.5) is 0 Å². The highest BCUT2D eigenvalue weighted by molar-refractivity contribution is 5.87. The van der Waals surface area contributed by atoms with E-state index in [9.17, 15) is 24.3 Å². The third-order valence-electron chi connectivity index (χ3n) is 4.29. The lowest BCUT2D eigenvalue weighted by Crippen LogP contribution is -2.52. The molecule has 0 aromatic carbocycles. The lowest BCUT2D eigenvalue weighted by atomic mass is 9.95. The maximum Gasteiger partial charge on any atom is 0.328 e. The van der Waals surface area contributed by atoms with E-state index in [1.165, 1.54) is 13.1 Å². The number of amides is 2. The standard InChI is InChI=1S/C16H24N4O5/c1-10-7-20(16(25)19-14(10)23)8-13(22)18-12(9-21)15(24)17-11-5-3-2-4-6-11/h7,11-12,21H,2-6,8-9H2,1H3,(H,17,24)(H,18,22)(H,19,23,25)/t12-/m0/s1. The first-order valence-corrected chi connectivity index (χ1v) is 8.41. The summed E-state index contributed by atoms with van der Waals surface area (Å²) in [6.45, 7) is 0.619. The number of rotatable bonds is 6. The zero-order valence-electron chi connectivity index (χ0n) is 14.2. The Morgan fingerprint density at radius 2 is 2.00 bits per heavy atom. The third kappa shape index (κ3) is 5.28. The molecule has 0 saturated heterocycles. The molecule has 4 N–H and O–H groups in total. The molecule has 1 fully saturated rings. The fourth-order valence-corrected chi connectivity index (χ4v) is 2.87. The molecule has 2 rings (SSSR count). The van der Waals surface area contributed by atoms with Crippen LogP contribution in [0.5, 0.6) is 0 Å². The molecular formula is C16H24N4O5. The van der Waals surface area contributed by atoms with Gasteiger partial charge in [-0.3, -0.25) is 23.9 Å². The minimum atomic E-state index is -1.08. The summed E-state index contributed by atoms with van der Waals surface area (Å²) in [5.41, 5.74) is -0.930. The van der Waals surface area contributed by atoms with Crippen LogP contribution < -0.4 is 21.9 Å².